The molecule has 0 atom stereocenters. The van der Waals surface area contributed by atoms with Gasteiger partial charge in [0, 0.05) is 29.1 Å². The van der Waals surface area contributed by atoms with Crippen molar-refractivity contribution >= 4 is 29.9 Å². The number of halogens is 2. The number of nitrogen functional groups attached to an aromatic ring is 1. The number of carbonyl (C=O) groups is 2. The molecule has 0 radical (unpaired) electrons. The second kappa shape index (κ2) is 9.49. The lowest BCUT2D eigenvalue weighted by atomic mass is 10.0. The van der Waals surface area contributed by atoms with E-state index in [1.807, 2.05) is 18.2 Å². The Morgan fingerprint density at radius 1 is 1.18 bits per heavy atom. The maximum absolute atomic E-state index is 14.6. The summed E-state index contributed by atoms with van der Waals surface area (Å²) < 4.78 is 14.6. The van der Waals surface area contributed by atoms with Gasteiger partial charge in [0.25, 0.3) is 0 Å². The van der Waals surface area contributed by atoms with Crippen LogP contribution in [0.5, 0.6) is 0 Å². The van der Waals surface area contributed by atoms with Crippen molar-refractivity contribution in [2.75, 3.05) is 5.73 Å². The predicted octanol–water partition coefficient (Wildman–Crippen LogP) is 4.24. The number of aromatic amines is 1. The Balaban J connectivity index is 1.61. The summed E-state index contributed by atoms with van der Waals surface area (Å²) >= 11 is 5.92. The molecule has 0 unspecified atom stereocenters. The molecule has 0 spiro atoms. The smallest absolute Gasteiger partial charge is 0.368 e. The third-order valence-corrected chi connectivity index (χ3v) is 5.02. The van der Waals surface area contributed by atoms with E-state index in [0.29, 0.717) is 17.5 Å². The standard InChI is InChI=1S/C23H17ClFN5O3/c24-18-8-4-7-16(20(18)25)17-11-28-23(26)29-21(17)15-9-19(27-10-15)22(32)33-30(13-31)12-14-5-2-1-3-6-14/h1-11,13,27H,12H2,(H2,26,28,29). The van der Waals surface area contributed by atoms with Crippen LogP contribution in [0, 0.1) is 5.82 Å². The molecular weight excluding hydrogens is 449 g/mol. The van der Waals surface area contributed by atoms with Crippen molar-refractivity contribution in [3.8, 4) is 22.4 Å². The summed E-state index contributed by atoms with van der Waals surface area (Å²) in [7, 11) is 0. The second-order valence-corrected chi connectivity index (χ2v) is 7.35. The normalized spacial score (nSPS) is 10.6. The van der Waals surface area contributed by atoms with E-state index >= 15 is 0 Å². The summed E-state index contributed by atoms with van der Waals surface area (Å²) in [6.45, 7) is 0.0876. The zero-order valence-electron chi connectivity index (χ0n) is 17.0. The summed E-state index contributed by atoms with van der Waals surface area (Å²) in [6.07, 6.45) is 3.29. The minimum Gasteiger partial charge on any atom is -0.368 e. The molecule has 0 fully saturated rings. The van der Waals surface area contributed by atoms with Crippen LogP contribution in [0.4, 0.5) is 10.3 Å². The Labute approximate surface area is 192 Å². The molecule has 2 heterocycles. The number of hydrogen-bond acceptors (Lipinski definition) is 6. The molecule has 4 rings (SSSR count). The van der Waals surface area contributed by atoms with Crippen molar-refractivity contribution < 1.29 is 18.8 Å². The fourth-order valence-electron chi connectivity index (χ4n) is 3.18. The van der Waals surface area contributed by atoms with Crippen molar-refractivity contribution in [3.05, 3.63) is 89.1 Å². The summed E-state index contributed by atoms with van der Waals surface area (Å²) in [4.78, 5) is 40.1. The van der Waals surface area contributed by atoms with Crippen molar-refractivity contribution in [1.82, 2.24) is 20.0 Å². The van der Waals surface area contributed by atoms with Crippen LogP contribution < -0.4 is 5.73 Å². The highest BCUT2D eigenvalue weighted by molar-refractivity contribution is 6.31. The molecule has 3 N–H and O–H groups in total. The van der Waals surface area contributed by atoms with E-state index in [1.165, 1.54) is 30.6 Å². The lowest BCUT2D eigenvalue weighted by molar-refractivity contribution is -0.155. The lowest BCUT2D eigenvalue weighted by Crippen LogP contribution is -2.25. The Morgan fingerprint density at radius 3 is 2.73 bits per heavy atom. The van der Waals surface area contributed by atoms with Gasteiger partial charge in [0.1, 0.15) is 11.5 Å². The van der Waals surface area contributed by atoms with Crippen molar-refractivity contribution in [2.45, 2.75) is 6.54 Å². The number of nitrogens with two attached hydrogens (primary N) is 1. The molecule has 0 aliphatic carbocycles. The fourth-order valence-corrected chi connectivity index (χ4v) is 3.36. The zero-order chi connectivity index (χ0) is 23.4. The Bertz CT molecular complexity index is 1310. The molecule has 33 heavy (non-hydrogen) atoms. The maximum Gasteiger partial charge on any atom is 0.379 e. The van der Waals surface area contributed by atoms with E-state index in [2.05, 4.69) is 15.0 Å². The first-order valence-electron chi connectivity index (χ1n) is 9.70. The Morgan fingerprint density at radius 2 is 1.97 bits per heavy atom. The number of rotatable bonds is 7. The number of hydrogen-bond donors (Lipinski definition) is 2. The summed E-state index contributed by atoms with van der Waals surface area (Å²) in [5, 5.41) is 0.828. The highest BCUT2D eigenvalue weighted by Gasteiger charge is 2.20. The van der Waals surface area contributed by atoms with Crippen LogP contribution in [-0.2, 0) is 16.2 Å². The Kier molecular flexibility index (Phi) is 6.32. The fraction of sp³-hybridized carbons (Fsp3) is 0.0435. The number of aromatic nitrogens is 3. The van der Waals surface area contributed by atoms with E-state index in [9.17, 15) is 14.0 Å². The first-order chi connectivity index (χ1) is 16.0. The van der Waals surface area contributed by atoms with Crippen molar-refractivity contribution in [2.24, 2.45) is 0 Å². The van der Waals surface area contributed by atoms with E-state index in [1.54, 1.807) is 18.2 Å². The van der Waals surface area contributed by atoms with Gasteiger partial charge in [-0.25, -0.2) is 19.2 Å². The highest BCUT2D eigenvalue weighted by atomic mass is 35.5. The third kappa shape index (κ3) is 4.83. The molecule has 0 aliphatic heterocycles. The molecule has 4 aromatic rings. The number of carbonyl (C=O) groups excluding carboxylic acids is 2. The molecule has 1 amide bonds. The Hall–Kier alpha value is -4.24. The minimum absolute atomic E-state index is 0.0310. The van der Waals surface area contributed by atoms with Gasteiger partial charge in [0.05, 0.1) is 17.3 Å². The van der Waals surface area contributed by atoms with Gasteiger partial charge < -0.3 is 15.6 Å². The van der Waals surface area contributed by atoms with Crippen LogP contribution in [0.3, 0.4) is 0 Å². The molecule has 0 saturated heterocycles. The van der Waals surface area contributed by atoms with E-state index in [0.717, 1.165) is 10.6 Å². The molecular formula is C23H17ClFN5O3. The first-order valence-corrected chi connectivity index (χ1v) is 10.1. The van der Waals surface area contributed by atoms with E-state index < -0.39 is 11.8 Å². The summed E-state index contributed by atoms with van der Waals surface area (Å²) in [5.41, 5.74) is 7.82. The van der Waals surface area contributed by atoms with Crippen LogP contribution in [0.1, 0.15) is 16.1 Å². The molecule has 10 heteroatoms. The van der Waals surface area contributed by atoms with Gasteiger partial charge in [0.15, 0.2) is 0 Å². The predicted molar refractivity (Wildman–Crippen MR) is 120 cm³/mol. The minimum atomic E-state index is -0.790. The summed E-state index contributed by atoms with van der Waals surface area (Å²) in [5.74, 6) is -1.45. The number of H-pyrrole nitrogens is 1. The third-order valence-electron chi connectivity index (χ3n) is 4.72. The van der Waals surface area contributed by atoms with Crippen LogP contribution in [0.2, 0.25) is 5.02 Å². The highest BCUT2D eigenvalue weighted by Crippen LogP contribution is 2.34. The van der Waals surface area contributed by atoms with Gasteiger partial charge in [-0.05, 0) is 17.7 Å². The average Bonchev–Trinajstić information content (AvgIpc) is 3.32. The number of benzene rings is 2. The van der Waals surface area contributed by atoms with E-state index in [-0.39, 0.29) is 34.5 Å². The number of nitrogens with one attached hydrogen (secondary N) is 1. The van der Waals surface area contributed by atoms with Crippen LogP contribution >= 0.6 is 11.6 Å². The monoisotopic (exact) mass is 465 g/mol. The average molecular weight is 466 g/mol. The topological polar surface area (TPSA) is 114 Å². The quantitative estimate of drug-likeness (QED) is 0.311. The van der Waals surface area contributed by atoms with Gasteiger partial charge in [-0.1, -0.05) is 54.1 Å². The zero-order valence-corrected chi connectivity index (χ0v) is 17.8. The van der Waals surface area contributed by atoms with E-state index in [4.69, 9.17) is 22.2 Å². The number of nitrogens with zero attached hydrogens (tertiary/aromatic N) is 3. The first kappa shape index (κ1) is 22.0. The molecule has 166 valence electrons. The van der Waals surface area contributed by atoms with Crippen molar-refractivity contribution in [1.29, 1.82) is 0 Å². The second-order valence-electron chi connectivity index (χ2n) is 6.94. The summed E-state index contributed by atoms with van der Waals surface area (Å²) in [6, 6.07) is 15.1. The van der Waals surface area contributed by atoms with Gasteiger partial charge >= 0.3 is 5.97 Å². The van der Waals surface area contributed by atoms with Gasteiger partial charge in [-0.2, -0.15) is 5.06 Å². The van der Waals surface area contributed by atoms with Crippen LogP contribution in [0.25, 0.3) is 22.4 Å². The number of amides is 1. The number of hydroxylamine groups is 2. The van der Waals surface area contributed by atoms with Crippen LogP contribution in [0.15, 0.2) is 67.0 Å². The molecule has 0 aliphatic rings. The lowest BCUT2D eigenvalue weighted by Gasteiger charge is -2.15. The SMILES string of the molecule is Nc1ncc(-c2cccc(Cl)c2F)c(-c2c[nH]c(C(=O)ON(C=O)Cc3ccccc3)c2)n1. The molecule has 2 aromatic carbocycles. The van der Waals surface area contributed by atoms with Crippen LogP contribution in [-0.4, -0.2) is 32.4 Å². The maximum atomic E-state index is 14.6. The largest absolute Gasteiger partial charge is 0.379 e. The number of anilines is 1. The molecule has 0 bridgehead atoms. The van der Waals surface area contributed by atoms with Crippen molar-refractivity contribution in [3.63, 3.8) is 0 Å². The van der Waals surface area contributed by atoms with Gasteiger partial charge in [0.2, 0.25) is 12.4 Å². The molecule has 0 saturated carbocycles. The van der Waals surface area contributed by atoms with Gasteiger partial charge in [-0.15, -0.1) is 0 Å². The molecule has 8 nitrogen and oxygen atoms in total. The molecule has 2 aromatic heterocycles. The van der Waals surface area contributed by atoms with Gasteiger partial charge in [-0.3, -0.25) is 4.79 Å².